The fourth-order valence-corrected chi connectivity index (χ4v) is 5.51. The quantitative estimate of drug-likeness (QED) is 0.523. The minimum Gasteiger partial charge on any atom is -0.369 e. The molecule has 3 heterocycles. The molecule has 8 nitrogen and oxygen atoms in total. The molecule has 5 rings (SSSR count). The van der Waals surface area contributed by atoms with E-state index in [-0.39, 0.29) is 11.9 Å². The van der Waals surface area contributed by atoms with Gasteiger partial charge in [0, 0.05) is 73.7 Å². The van der Waals surface area contributed by atoms with Crippen LogP contribution in [0.15, 0.2) is 48.7 Å². The molecule has 2 aromatic carbocycles. The van der Waals surface area contributed by atoms with Crippen molar-refractivity contribution in [3.05, 3.63) is 64.3 Å². The van der Waals surface area contributed by atoms with Crippen molar-refractivity contribution in [2.45, 2.75) is 13.0 Å². The summed E-state index contributed by atoms with van der Waals surface area (Å²) in [5.74, 6) is 0.996. The number of carbonyl (C=O) groups is 1. The molecule has 188 valence electrons. The maximum absolute atomic E-state index is 12.8. The van der Waals surface area contributed by atoms with Crippen molar-refractivity contribution in [2.75, 3.05) is 66.8 Å². The second kappa shape index (κ2) is 10.1. The third kappa shape index (κ3) is 4.81. The number of hydrogen-bond donors (Lipinski definition) is 1. The van der Waals surface area contributed by atoms with Gasteiger partial charge in [-0.15, -0.1) is 0 Å². The van der Waals surface area contributed by atoms with Crippen molar-refractivity contribution in [3.63, 3.8) is 0 Å². The summed E-state index contributed by atoms with van der Waals surface area (Å²) in [5.41, 5.74) is 3.45. The number of carbonyl (C=O) groups excluding carboxylic acids is 1. The highest BCUT2D eigenvalue weighted by atomic mass is 35.5. The summed E-state index contributed by atoms with van der Waals surface area (Å²) in [4.78, 5) is 30.5. The van der Waals surface area contributed by atoms with Gasteiger partial charge in [0.2, 0.25) is 11.9 Å². The molecular formula is C26H29Cl2N7O. The van der Waals surface area contributed by atoms with Crippen LogP contribution in [0.3, 0.4) is 0 Å². The van der Waals surface area contributed by atoms with E-state index < -0.39 is 0 Å². The second-order valence-corrected chi connectivity index (χ2v) is 10.1. The number of rotatable bonds is 4. The number of hydrogen-bond acceptors (Lipinski definition) is 7. The number of amides is 1. The van der Waals surface area contributed by atoms with Crippen LogP contribution in [0.25, 0.3) is 0 Å². The number of nitrogens with one attached hydrogen (secondary N) is 1. The van der Waals surface area contributed by atoms with Gasteiger partial charge in [-0.3, -0.25) is 9.69 Å². The summed E-state index contributed by atoms with van der Waals surface area (Å²) < 4.78 is 0. The van der Waals surface area contributed by atoms with Crippen LogP contribution in [0.5, 0.6) is 0 Å². The first-order chi connectivity index (χ1) is 17.3. The predicted octanol–water partition coefficient (Wildman–Crippen LogP) is 4.82. The number of aromatic nitrogens is 2. The first-order valence-corrected chi connectivity index (χ1v) is 12.7. The number of fused-ring (bicyclic) bond motifs is 1. The lowest BCUT2D eigenvalue weighted by molar-refractivity contribution is -0.117. The van der Waals surface area contributed by atoms with Crippen molar-refractivity contribution < 1.29 is 4.79 Å². The fourth-order valence-electron chi connectivity index (χ4n) is 4.86. The van der Waals surface area contributed by atoms with Crippen LogP contribution in [0.4, 0.5) is 28.8 Å². The molecule has 0 spiro atoms. The SMILES string of the molecule is CC(=O)N1c2cnc(Nc3ccc(N4CCN(C)CC4)cc3)nc2N(C)C[C@H]1c1c(Cl)cccc1Cl. The molecule has 36 heavy (non-hydrogen) atoms. The minimum atomic E-state index is -0.356. The van der Waals surface area contributed by atoms with Gasteiger partial charge in [-0.2, -0.15) is 4.98 Å². The molecule has 0 unspecified atom stereocenters. The molecule has 2 aliphatic heterocycles. The molecule has 1 aromatic heterocycles. The van der Waals surface area contributed by atoms with E-state index in [1.54, 1.807) is 29.3 Å². The highest BCUT2D eigenvalue weighted by Gasteiger charge is 2.36. The first kappa shape index (κ1) is 24.6. The minimum absolute atomic E-state index is 0.130. The fraction of sp³-hybridized carbons (Fsp3) is 0.346. The van der Waals surface area contributed by atoms with Gasteiger partial charge in [0.15, 0.2) is 5.82 Å². The summed E-state index contributed by atoms with van der Waals surface area (Å²) in [6.45, 7) is 6.20. The Hall–Kier alpha value is -3.07. The molecule has 3 aromatic rings. The summed E-state index contributed by atoms with van der Waals surface area (Å²) in [6, 6.07) is 13.3. The maximum Gasteiger partial charge on any atom is 0.229 e. The number of benzene rings is 2. The van der Waals surface area contributed by atoms with Crippen LogP contribution in [0.1, 0.15) is 18.5 Å². The molecule has 1 atom stereocenters. The summed E-state index contributed by atoms with van der Waals surface area (Å²) in [6.07, 6.45) is 1.68. The Morgan fingerprint density at radius 2 is 1.67 bits per heavy atom. The number of piperazine rings is 1. The van der Waals surface area contributed by atoms with Gasteiger partial charge in [0.25, 0.3) is 0 Å². The number of anilines is 5. The maximum atomic E-state index is 12.8. The third-order valence-corrected chi connectivity index (χ3v) is 7.45. The first-order valence-electron chi connectivity index (χ1n) is 11.9. The zero-order valence-electron chi connectivity index (χ0n) is 20.6. The van der Waals surface area contributed by atoms with E-state index in [0.29, 0.717) is 34.0 Å². The Morgan fingerprint density at radius 1 is 1.00 bits per heavy atom. The van der Waals surface area contributed by atoms with Gasteiger partial charge in [0.1, 0.15) is 5.69 Å². The molecule has 0 bridgehead atoms. The lowest BCUT2D eigenvalue weighted by atomic mass is 10.0. The van der Waals surface area contributed by atoms with Crippen LogP contribution >= 0.6 is 23.2 Å². The predicted molar refractivity (Wildman–Crippen MR) is 147 cm³/mol. The molecule has 1 fully saturated rings. The monoisotopic (exact) mass is 525 g/mol. The highest BCUT2D eigenvalue weighted by molar-refractivity contribution is 6.36. The van der Waals surface area contributed by atoms with E-state index in [2.05, 4.69) is 39.3 Å². The van der Waals surface area contributed by atoms with Gasteiger partial charge in [-0.25, -0.2) is 4.98 Å². The van der Waals surface area contributed by atoms with E-state index in [4.69, 9.17) is 28.2 Å². The van der Waals surface area contributed by atoms with Gasteiger partial charge >= 0.3 is 0 Å². The summed E-state index contributed by atoms with van der Waals surface area (Å²) in [7, 11) is 4.10. The summed E-state index contributed by atoms with van der Waals surface area (Å²) in [5, 5.41) is 4.34. The van der Waals surface area contributed by atoms with Crippen molar-refractivity contribution in [1.82, 2.24) is 14.9 Å². The molecule has 0 aliphatic carbocycles. The van der Waals surface area contributed by atoms with E-state index in [1.807, 2.05) is 24.1 Å². The number of likely N-dealkylation sites (N-methyl/N-ethyl adjacent to an activating group) is 2. The Bertz CT molecular complexity index is 1240. The van der Waals surface area contributed by atoms with Gasteiger partial charge < -0.3 is 20.0 Å². The van der Waals surface area contributed by atoms with Gasteiger partial charge in [0.05, 0.1) is 12.2 Å². The average molecular weight is 526 g/mol. The van der Waals surface area contributed by atoms with Crippen LogP contribution in [-0.4, -0.2) is 67.6 Å². The van der Waals surface area contributed by atoms with Crippen LogP contribution in [0, 0.1) is 0 Å². The summed E-state index contributed by atoms with van der Waals surface area (Å²) >= 11 is 13.0. The van der Waals surface area contributed by atoms with Crippen molar-refractivity contribution in [2.24, 2.45) is 0 Å². The Labute approximate surface area is 221 Å². The molecule has 1 saturated heterocycles. The van der Waals surface area contributed by atoms with Crippen LogP contribution < -0.4 is 20.0 Å². The molecule has 10 heteroatoms. The smallest absolute Gasteiger partial charge is 0.229 e. The molecule has 0 radical (unpaired) electrons. The largest absolute Gasteiger partial charge is 0.369 e. The Morgan fingerprint density at radius 3 is 2.31 bits per heavy atom. The van der Waals surface area contributed by atoms with Crippen molar-refractivity contribution >= 4 is 57.9 Å². The number of halogens is 2. The van der Waals surface area contributed by atoms with Crippen LogP contribution in [0.2, 0.25) is 10.0 Å². The lowest BCUT2D eigenvalue weighted by Gasteiger charge is -2.41. The average Bonchev–Trinajstić information content (AvgIpc) is 2.85. The van der Waals surface area contributed by atoms with Crippen LogP contribution in [-0.2, 0) is 4.79 Å². The zero-order chi connectivity index (χ0) is 25.4. The van der Waals surface area contributed by atoms with Crippen molar-refractivity contribution in [3.8, 4) is 0 Å². The topological polar surface area (TPSA) is 67.8 Å². The molecule has 1 amide bonds. The molecular weight excluding hydrogens is 497 g/mol. The van der Waals surface area contributed by atoms with Gasteiger partial charge in [-0.1, -0.05) is 29.3 Å². The normalized spacial score (nSPS) is 18.2. The highest BCUT2D eigenvalue weighted by Crippen LogP contribution is 2.43. The van der Waals surface area contributed by atoms with E-state index in [1.165, 1.54) is 12.6 Å². The molecule has 0 saturated carbocycles. The zero-order valence-corrected chi connectivity index (χ0v) is 22.1. The van der Waals surface area contributed by atoms with E-state index in [9.17, 15) is 4.79 Å². The Kier molecular flexibility index (Phi) is 6.92. The van der Waals surface area contributed by atoms with Gasteiger partial charge in [-0.05, 0) is 43.4 Å². The van der Waals surface area contributed by atoms with Crippen molar-refractivity contribution in [1.29, 1.82) is 0 Å². The molecule has 2 aliphatic rings. The van der Waals surface area contributed by atoms with E-state index in [0.717, 1.165) is 37.4 Å². The third-order valence-electron chi connectivity index (χ3n) is 6.79. The standard InChI is InChI=1S/C26H29Cl2N7O/c1-17(36)35-22-15-29-26(30-18-7-9-19(10-8-18)34-13-11-32(2)12-14-34)31-25(22)33(3)16-23(35)24-20(27)5-4-6-21(24)28/h4-10,15,23H,11-14,16H2,1-3H3,(H,29,30,31)/t23-/m0/s1. The number of nitrogens with zero attached hydrogens (tertiary/aromatic N) is 6. The van der Waals surface area contributed by atoms with E-state index >= 15 is 0 Å². The second-order valence-electron chi connectivity index (χ2n) is 9.29. The molecule has 1 N–H and O–H groups in total. The Balaban J connectivity index is 1.39. The lowest BCUT2D eigenvalue weighted by Crippen LogP contribution is -2.45.